The number of hydrogen-bond acceptors (Lipinski definition) is 6. The first kappa shape index (κ1) is 18.2. The molecule has 4 aromatic rings. The lowest BCUT2D eigenvalue weighted by molar-refractivity contribution is 0.100. The second-order valence-electron chi connectivity index (χ2n) is 6.40. The summed E-state index contributed by atoms with van der Waals surface area (Å²) in [7, 11) is 0. The molecule has 0 saturated heterocycles. The number of aryl methyl sites for hydroxylation is 1. The van der Waals surface area contributed by atoms with Crippen LogP contribution in [0.3, 0.4) is 0 Å². The van der Waals surface area contributed by atoms with E-state index in [1.54, 1.807) is 36.9 Å². The van der Waals surface area contributed by atoms with Gasteiger partial charge in [-0.3, -0.25) is 14.8 Å². The van der Waals surface area contributed by atoms with Crippen LogP contribution < -0.4 is 11.1 Å². The number of rotatable bonds is 5. The number of amides is 1. The van der Waals surface area contributed by atoms with Crippen molar-refractivity contribution < 1.29 is 4.79 Å². The Bertz CT molecular complexity index is 1180. The van der Waals surface area contributed by atoms with E-state index in [-0.39, 0.29) is 0 Å². The van der Waals surface area contributed by atoms with Gasteiger partial charge in [0.15, 0.2) is 0 Å². The summed E-state index contributed by atoms with van der Waals surface area (Å²) in [5.74, 6) is -0.0419. The van der Waals surface area contributed by atoms with Crippen LogP contribution >= 0.6 is 0 Å². The minimum Gasteiger partial charge on any atom is -0.366 e. The number of nitrogens with zero attached hydrogens (tertiary/aromatic N) is 4. The van der Waals surface area contributed by atoms with E-state index in [2.05, 4.69) is 25.3 Å². The standard InChI is InChI=1S/C22H18N6O/c1-14-20(11-16(13-26-14)17-6-2-3-7-18(17)21(23)29)28-22-25-10-8-19(27-22)15-5-4-9-24-12-15/h2-13H,1H3,(H2,23,29)(H,25,27,28). The molecule has 0 saturated carbocycles. The number of nitrogens with two attached hydrogens (primary N) is 1. The zero-order valence-electron chi connectivity index (χ0n) is 15.7. The monoisotopic (exact) mass is 382 g/mol. The van der Waals surface area contributed by atoms with Gasteiger partial charge in [-0.25, -0.2) is 9.97 Å². The molecule has 0 aliphatic heterocycles. The van der Waals surface area contributed by atoms with Crippen molar-refractivity contribution in [2.75, 3.05) is 5.32 Å². The largest absolute Gasteiger partial charge is 0.366 e. The summed E-state index contributed by atoms with van der Waals surface area (Å²) in [4.78, 5) is 29.2. The van der Waals surface area contributed by atoms with Crippen LogP contribution in [0.5, 0.6) is 0 Å². The molecule has 1 amide bonds. The van der Waals surface area contributed by atoms with Gasteiger partial charge >= 0.3 is 0 Å². The molecule has 1 aromatic carbocycles. The van der Waals surface area contributed by atoms with Crippen molar-refractivity contribution in [1.29, 1.82) is 0 Å². The third kappa shape index (κ3) is 3.93. The van der Waals surface area contributed by atoms with E-state index in [0.29, 0.717) is 11.5 Å². The number of anilines is 2. The van der Waals surface area contributed by atoms with Gasteiger partial charge in [-0.2, -0.15) is 0 Å². The van der Waals surface area contributed by atoms with E-state index < -0.39 is 5.91 Å². The average molecular weight is 382 g/mol. The molecule has 142 valence electrons. The van der Waals surface area contributed by atoms with Crippen molar-refractivity contribution in [2.45, 2.75) is 6.92 Å². The summed E-state index contributed by atoms with van der Waals surface area (Å²) >= 11 is 0. The first-order valence-electron chi connectivity index (χ1n) is 8.98. The quantitative estimate of drug-likeness (QED) is 0.544. The molecule has 0 bridgehead atoms. The lowest BCUT2D eigenvalue weighted by atomic mass is 10.00. The number of aromatic nitrogens is 4. The topological polar surface area (TPSA) is 107 Å². The molecule has 29 heavy (non-hydrogen) atoms. The van der Waals surface area contributed by atoms with E-state index in [0.717, 1.165) is 33.8 Å². The Kier molecular flexibility index (Phi) is 4.94. The van der Waals surface area contributed by atoms with Crippen LogP contribution in [0, 0.1) is 6.92 Å². The molecule has 0 spiro atoms. The van der Waals surface area contributed by atoms with Gasteiger partial charge in [0.05, 0.1) is 17.1 Å². The van der Waals surface area contributed by atoms with Crippen molar-refractivity contribution >= 4 is 17.5 Å². The maximum Gasteiger partial charge on any atom is 0.249 e. The highest BCUT2D eigenvalue weighted by Crippen LogP contribution is 2.28. The highest BCUT2D eigenvalue weighted by molar-refractivity contribution is 6.00. The summed E-state index contributed by atoms with van der Waals surface area (Å²) in [6.07, 6.45) is 6.87. The molecule has 3 heterocycles. The number of hydrogen-bond donors (Lipinski definition) is 2. The van der Waals surface area contributed by atoms with E-state index in [4.69, 9.17) is 5.73 Å². The number of carbonyl (C=O) groups is 1. The predicted molar refractivity (Wildman–Crippen MR) is 111 cm³/mol. The van der Waals surface area contributed by atoms with Crippen LogP contribution in [-0.4, -0.2) is 25.8 Å². The Morgan fingerprint density at radius 2 is 1.83 bits per heavy atom. The van der Waals surface area contributed by atoms with Crippen LogP contribution in [0.1, 0.15) is 16.1 Å². The lowest BCUT2D eigenvalue weighted by Gasteiger charge is -2.12. The Morgan fingerprint density at radius 1 is 0.966 bits per heavy atom. The van der Waals surface area contributed by atoms with E-state index in [1.165, 1.54) is 0 Å². The molecule has 0 aliphatic rings. The number of benzene rings is 1. The third-order valence-corrected chi connectivity index (χ3v) is 4.45. The highest BCUT2D eigenvalue weighted by Gasteiger charge is 2.12. The van der Waals surface area contributed by atoms with E-state index in [9.17, 15) is 4.79 Å². The molecule has 7 heteroatoms. The zero-order valence-corrected chi connectivity index (χ0v) is 15.7. The number of primary amides is 1. The molecular formula is C22H18N6O. The zero-order chi connectivity index (χ0) is 20.2. The molecule has 0 unspecified atom stereocenters. The van der Waals surface area contributed by atoms with Gasteiger partial charge < -0.3 is 11.1 Å². The van der Waals surface area contributed by atoms with Gasteiger partial charge in [0.1, 0.15) is 0 Å². The second kappa shape index (κ2) is 7.85. The molecule has 0 fully saturated rings. The van der Waals surface area contributed by atoms with Crippen LogP contribution in [0.4, 0.5) is 11.6 Å². The highest BCUT2D eigenvalue weighted by atomic mass is 16.1. The van der Waals surface area contributed by atoms with Crippen molar-refractivity contribution in [3.63, 3.8) is 0 Å². The van der Waals surface area contributed by atoms with Gasteiger partial charge in [-0.05, 0) is 42.8 Å². The molecule has 0 atom stereocenters. The fraction of sp³-hybridized carbons (Fsp3) is 0.0455. The molecule has 3 N–H and O–H groups in total. The first-order chi connectivity index (χ1) is 14.1. The van der Waals surface area contributed by atoms with Crippen LogP contribution in [0.25, 0.3) is 22.4 Å². The van der Waals surface area contributed by atoms with Crippen LogP contribution in [0.2, 0.25) is 0 Å². The predicted octanol–water partition coefficient (Wildman–Crippen LogP) is 3.75. The fourth-order valence-corrected chi connectivity index (χ4v) is 2.97. The van der Waals surface area contributed by atoms with Crippen molar-refractivity contribution in [1.82, 2.24) is 19.9 Å². The number of carbonyl (C=O) groups excluding carboxylic acids is 1. The third-order valence-electron chi connectivity index (χ3n) is 4.45. The Labute approximate surface area is 167 Å². The van der Waals surface area contributed by atoms with Crippen molar-refractivity contribution in [3.8, 4) is 22.4 Å². The minimum absolute atomic E-state index is 0.441. The molecule has 3 aromatic heterocycles. The Balaban J connectivity index is 1.69. The van der Waals surface area contributed by atoms with Gasteiger partial charge in [0.25, 0.3) is 0 Å². The molecule has 7 nitrogen and oxygen atoms in total. The van der Waals surface area contributed by atoms with Crippen LogP contribution in [-0.2, 0) is 0 Å². The fourth-order valence-electron chi connectivity index (χ4n) is 2.97. The second-order valence-corrected chi connectivity index (χ2v) is 6.40. The molecule has 0 aliphatic carbocycles. The maximum atomic E-state index is 11.8. The molecule has 4 rings (SSSR count). The summed E-state index contributed by atoms with van der Waals surface area (Å²) in [5.41, 5.74) is 10.6. The summed E-state index contributed by atoms with van der Waals surface area (Å²) in [5, 5.41) is 3.22. The Morgan fingerprint density at radius 3 is 2.62 bits per heavy atom. The average Bonchev–Trinajstić information content (AvgIpc) is 2.76. The van der Waals surface area contributed by atoms with Crippen molar-refractivity contribution in [2.24, 2.45) is 5.73 Å². The van der Waals surface area contributed by atoms with Crippen LogP contribution in [0.15, 0.2) is 73.3 Å². The van der Waals surface area contributed by atoms with Gasteiger partial charge in [0, 0.05) is 41.5 Å². The van der Waals surface area contributed by atoms with Gasteiger partial charge in [-0.1, -0.05) is 18.2 Å². The van der Waals surface area contributed by atoms with Crippen molar-refractivity contribution in [3.05, 3.63) is 84.6 Å². The van der Waals surface area contributed by atoms with E-state index >= 15 is 0 Å². The molecular weight excluding hydrogens is 364 g/mol. The minimum atomic E-state index is -0.483. The first-order valence-corrected chi connectivity index (χ1v) is 8.98. The summed E-state index contributed by atoms with van der Waals surface area (Å²) in [6.45, 7) is 1.89. The normalized spacial score (nSPS) is 10.5. The van der Waals surface area contributed by atoms with Gasteiger partial charge in [-0.15, -0.1) is 0 Å². The number of nitrogens with one attached hydrogen (secondary N) is 1. The summed E-state index contributed by atoms with van der Waals surface area (Å²) in [6, 6.07) is 14.7. The van der Waals surface area contributed by atoms with Gasteiger partial charge in [0.2, 0.25) is 11.9 Å². The Hall–Kier alpha value is -4.13. The summed E-state index contributed by atoms with van der Waals surface area (Å²) < 4.78 is 0. The van der Waals surface area contributed by atoms with E-state index in [1.807, 2.05) is 43.3 Å². The lowest BCUT2D eigenvalue weighted by Crippen LogP contribution is -2.12. The smallest absolute Gasteiger partial charge is 0.249 e. The maximum absolute atomic E-state index is 11.8. The number of pyridine rings is 2. The molecule has 0 radical (unpaired) electrons. The SMILES string of the molecule is Cc1ncc(-c2ccccc2C(N)=O)cc1Nc1nccc(-c2cccnc2)n1.